The number of piperidine rings is 3. The lowest BCUT2D eigenvalue weighted by molar-refractivity contribution is -0.126. The van der Waals surface area contributed by atoms with Gasteiger partial charge in [0.2, 0.25) is 11.9 Å². The first-order valence-corrected chi connectivity index (χ1v) is 10.3. The van der Waals surface area contributed by atoms with Crippen LogP contribution in [0.2, 0.25) is 0 Å². The molecule has 6 heteroatoms. The molecule has 3 aliphatic heterocycles. The van der Waals surface area contributed by atoms with Gasteiger partial charge in [-0.05, 0) is 63.6 Å². The summed E-state index contributed by atoms with van der Waals surface area (Å²) in [6.45, 7) is 5.11. The summed E-state index contributed by atoms with van der Waals surface area (Å²) >= 11 is 0. The van der Waals surface area contributed by atoms with Gasteiger partial charge in [0.1, 0.15) is 0 Å². The third kappa shape index (κ3) is 4.00. The normalized spacial score (nSPS) is 27.8. The molecule has 0 aliphatic carbocycles. The van der Waals surface area contributed by atoms with Gasteiger partial charge >= 0.3 is 0 Å². The van der Waals surface area contributed by atoms with Gasteiger partial charge in [-0.25, -0.2) is 9.97 Å². The van der Waals surface area contributed by atoms with Gasteiger partial charge in [-0.2, -0.15) is 0 Å². The maximum atomic E-state index is 12.7. The molecule has 0 aromatic carbocycles. The molecule has 0 unspecified atom stereocenters. The van der Waals surface area contributed by atoms with E-state index in [9.17, 15) is 4.79 Å². The molecule has 3 fully saturated rings. The van der Waals surface area contributed by atoms with E-state index in [2.05, 4.69) is 25.1 Å². The molecule has 4 rings (SSSR count). The summed E-state index contributed by atoms with van der Waals surface area (Å²) in [5, 5.41) is 3.29. The standard InChI is InChI=1S/C20H31N5O/c26-19(16-7-13-25(14-8-16)20-21-9-4-10-22-20)23-15-17-5-3-12-24-11-2-1-6-18(17)24/h4,9-10,16-18H,1-3,5-8,11-15H2,(H,23,26)/t17-,18+/m1/s1. The van der Waals surface area contributed by atoms with E-state index in [4.69, 9.17) is 0 Å². The van der Waals surface area contributed by atoms with Crippen molar-refractivity contribution in [2.75, 3.05) is 37.6 Å². The number of nitrogens with zero attached hydrogens (tertiary/aromatic N) is 4. The number of anilines is 1. The van der Waals surface area contributed by atoms with Crippen LogP contribution in [0.25, 0.3) is 0 Å². The fraction of sp³-hybridized carbons (Fsp3) is 0.750. The van der Waals surface area contributed by atoms with Gasteiger partial charge in [0.25, 0.3) is 0 Å². The van der Waals surface area contributed by atoms with Crippen molar-refractivity contribution in [2.24, 2.45) is 11.8 Å². The summed E-state index contributed by atoms with van der Waals surface area (Å²) < 4.78 is 0. The molecular formula is C20H31N5O. The molecule has 26 heavy (non-hydrogen) atoms. The number of carbonyl (C=O) groups is 1. The maximum absolute atomic E-state index is 12.7. The largest absolute Gasteiger partial charge is 0.356 e. The second kappa shape index (κ2) is 8.33. The molecule has 0 spiro atoms. The second-order valence-electron chi connectivity index (χ2n) is 8.06. The number of amides is 1. The molecule has 3 aliphatic rings. The third-order valence-electron chi connectivity index (χ3n) is 6.47. The summed E-state index contributed by atoms with van der Waals surface area (Å²) in [5.41, 5.74) is 0. The quantitative estimate of drug-likeness (QED) is 0.894. The summed E-state index contributed by atoms with van der Waals surface area (Å²) in [4.78, 5) is 26.2. The van der Waals surface area contributed by atoms with Crippen LogP contribution in [0.15, 0.2) is 18.5 Å². The van der Waals surface area contributed by atoms with E-state index in [1.54, 1.807) is 12.4 Å². The first-order chi connectivity index (χ1) is 12.8. The van der Waals surface area contributed by atoms with Gasteiger partial charge in [-0.1, -0.05) is 6.42 Å². The topological polar surface area (TPSA) is 61.4 Å². The summed E-state index contributed by atoms with van der Waals surface area (Å²) in [6.07, 6.45) is 11.9. The summed E-state index contributed by atoms with van der Waals surface area (Å²) in [5.74, 6) is 1.82. The third-order valence-corrected chi connectivity index (χ3v) is 6.47. The molecule has 1 aromatic heterocycles. The number of nitrogens with one attached hydrogen (secondary N) is 1. The van der Waals surface area contributed by atoms with Crippen molar-refractivity contribution in [3.63, 3.8) is 0 Å². The molecule has 1 N–H and O–H groups in total. The van der Waals surface area contributed by atoms with E-state index in [0.717, 1.165) is 38.4 Å². The van der Waals surface area contributed by atoms with Crippen LogP contribution in [0.3, 0.4) is 0 Å². The van der Waals surface area contributed by atoms with E-state index in [1.807, 2.05) is 6.07 Å². The first kappa shape index (κ1) is 17.7. The van der Waals surface area contributed by atoms with Crippen molar-refractivity contribution in [1.29, 1.82) is 0 Å². The SMILES string of the molecule is O=C(NC[C@H]1CCCN2CCCC[C@@H]12)C1CCN(c2ncccn2)CC1. The Hall–Kier alpha value is -1.69. The zero-order valence-electron chi connectivity index (χ0n) is 15.6. The highest BCUT2D eigenvalue weighted by atomic mass is 16.1. The van der Waals surface area contributed by atoms with Crippen LogP contribution < -0.4 is 10.2 Å². The second-order valence-corrected chi connectivity index (χ2v) is 8.06. The minimum Gasteiger partial charge on any atom is -0.356 e. The van der Waals surface area contributed by atoms with Gasteiger partial charge in [-0.15, -0.1) is 0 Å². The lowest BCUT2D eigenvalue weighted by Gasteiger charge is -2.44. The van der Waals surface area contributed by atoms with E-state index in [-0.39, 0.29) is 11.8 Å². The van der Waals surface area contributed by atoms with Crippen molar-refractivity contribution in [1.82, 2.24) is 20.2 Å². The number of hydrogen-bond donors (Lipinski definition) is 1. The number of rotatable bonds is 4. The Balaban J connectivity index is 1.24. The molecule has 0 bridgehead atoms. The smallest absolute Gasteiger partial charge is 0.225 e. The Morgan fingerprint density at radius 1 is 1.00 bits per heavy atom. The lowest BCUT2D eigenvalue weighted by atomic mass is 9.83. The van der Waals surface area contributed by atoms with Crippen LogP contribution in [-0.4, -0.2) is 59.5 Å². The van der Waals surface area contributed by atoms with E-state index in [0.29, 0.717) is 12.0 Å². The average molecular weight is 358 g/mol. The van der Waals surface area contributed by atoms with Crippen LogP contribution in [-0.2, 0) is 4.79 Å². The summed E-state index contributed by atoms with van der Waals surface area (Å²) in [6, 6.07) is 2.54. The molecule has 2 atom stereocenters. The van der Waals surface area contributed by atoms with E-state index >= 15 is 0 Å². The molecule has 3 saturated heterocycles. The van der Waals surface area contributed by atoms with Crippen LogP contribution in [0.4, 0.5) is 5.95 Å². The summed E-state index contributed by atoms with van der Waals surface area (Å²) in [7, 11) is 0. The monoisotopic (exact) mass is 357 g/mol. The van der Waals surface area contributed by atoms with Crippen LogP contribution >= 0.6 is 0 Å². The number of carbonyl (C=O) groups excluding carboxylic acids is 1. The zero-order valence-corrected chi connectivity index (χ0v) is 15.6. The fourth-order valence-electron chi connectivity index (χ4n) is 4.99. The van der Waals surface area contributed by atoms with Gasteiger partial charge in [-0.3, -0.25) is 4.79 Å². The lowest BCUT2D eigenvalue weighted by Crippen LogP contribution is -2.51. The van der Waals surface area contributed by atoms with Crippen LogP contribution in [0, 0.1) is 11.8 Å². The highest BCUT2D eigenvalue weighted by molar-refractivity contribution is 5.78. The Morgan fingerprint density at radius 2 is 1.77 bits per heavy atom. The number of fused-ring (bicyclic) bond motifs is 1. The molecule has 1 aromatic rings. The van der Waals surface area contributed by atoms with Gasteiger partial charge in [0.15, 0.2) is 0 Å². The van der Waals surface area contributed by atoms with Gasteiger partial charge < -0.3 is 15.1 Å². The molecule has 6 nitrogen and oxygen atoms in total. The van der Waals surface area contributed by atoms with Crippen molar-refractivity contribution < 1.29 is 4.79 Å². The fourth-order valence-corrected chi connectivity index (χ4v) is 4.99. The van der Waals surface area contributed by atoms with Gasteiger partial charge in [0.05, 0.1) is 0 Å². The number of hydrogen-bond acceptors (Lipinski definition) is 5. The molecule has 142 valence electrons. The molecule has 0 radical (unpaired) electrons. The van der Waals surface area contributed by atoms with E-state index in [1.165, 1.54) is 45.2 Å². The first-order valence-electron chi connectivity index (χ1n) is 10.3. The van der Waals surface area contributed by atoms with Crippen molar-refractivity contribution in [2.45, 2.75) is 51.0 Å². The van der Waals surface area contributed by atoms with Gasteiger partial charge in [0, 0.05) is 44.0 Å². The highest BCUT2D eigenvalue weighted by Crippen LogP contribution is 2.30. The van der Waals surface area contributed by atoms with Crippen LogP contribution in [0.5, 0.6) is 0 Å². The molecule has 1 amide bonds. The Morgan fingerprint density at radius 3 is 2.58 bits per heavy atom. The Bertz CT molecular complexity index is 585. The van der Waals surface area contributed by atoms with Crippen LogP contribution in [0.1, 0.15) is 44.9 Å². The molecule has 0 saturated carbocycles. The number of aromatic nitrogens is 2. The van der Waals surface area contributed by atoms with Crippen molar-refractivity contribution in [3.05, 3.63) is 18.5 Å². The predicted octanol–water partition coefficient (Wildman–Crippen LogP) is 2.07. The predicted molar refractivity (Wildman–Crippen MR) is 102 cm³/mol. The minimum absolute atomic E-state index is 0.140. The minimum atomic E-state index is 0.140. The van der Waals surface area contributed by atoms with E-state index < -0.39 is 0 Å². The molecule has 4 heterocycles. The highest BCUT2D eigenvalue weighted by Gasteiger charge is 2.33. The van der Waals surface area contributed by atoms with Crippen molar-refractivity contribution >= 4 is 11.9 Å². The Kier molecular flexibility index (Phi) is 5.68. The average Bonchev–Trinajstić information content (AvgIpc) is 2.73. The molecular weight excluding hydrogens is 326 g/mol. The zero-order chi connectivity index (χ0) is 17.8. The maximum Gasteiger partial charge on any atom is 0.225 e. The van der Waals surface area contributed by atoms with Crippen molar-refractivity contribution in [3.8, 4) is 0 Å². The Labute approximate surface area is 156 Å².